The highest BCUT2D eigenvalue weighted by atomic mass is 79.9. The quantitative estimate of drug-likeness (QED) is 0.776. The van der Waals surface area contributed by atoms with Crippen LogP contribution in [0.15, 0.2) is 28.7 Å². The molecule has 120 valence electrons. The Morgan fingerprint density at radius 1 is 1.27 bits per heavy atom. The molecule has 2 saturated carbocycles. The van der Waals surface area contributed by atoms with Crippen molar-refractivity contribution < 1.29 is 0 Å². The number of hydrogen-bond acceptors (Lipinski definition) is 2. The van der Waals surface area contributed by atoms with Crippen molar-refractivity contribution in [3.63, 3.8) is 0 Å². The minimum atomic E-state index is 0.719. The van der Waals surface area contributed by atoms with Crippen LogP contribution >= 0.6 is 15.9 Å². The van der Waals surface area contributed by atoms with E-state index in [4.69, 9.17) is 0 Å². The largest absolute Gasteiger partial charge is 0.303 e. The van der Waals surface area contributed by atoms with Gasteiger partial charge in [-0.2, -0.15) is 0 Å². The van der Waals surface area contributed by atoms with E-state index in [0.29, 0.717) is 0 Å². The molecule has 1 atom stereocenters. The molecule has 4 rings (SSSR count). The minimum absolute atomic E-state index is 0.719. The van der Waals surface area contributed by atoms with Crippen LogP contribution in [0.3, 0.4) is 0 Å². The summed E-state index contributed by atoms with van der Waals surface area (Å²) in [6.45, 7) is 5.05. The Hall–Kier alpha value is -0.380. The Morgan fingerprint density at radius 3 is 2.73 bits per heavy atom. The predicted octanol–water partition coefficient (Wildman–Crippen LogP) is 4.15. The molecule has 1 aromatic carbocycles. The van der Waals surface area contributed by atoms with Crippen LogP contribution in [0, 0.1) is 11.3 Å². The van der Waals surface area contributed by atoms with Crippen molar-refractivity contribution in [2.45, 2.75) is 44.7 Å². The first kappa shape index (κ1) is 15.2. The topological polar surface area (TPSA) is 6.48 Å². The van der Waals surface area contributed by atoms with Crippen LogP contribution in [-0.2, 0) is 6.54 Å². The van der Waals surface area contributed by atoms with Gasteiger partial charge in [-0.15, -0.1) is 0 Å². The average molecular weight is 363 g/mol. The van der Waals surface area contributed by atoms with Crippen molar-refractivity contribution in [3.05, 3.63) is 34.3 Å². The van der Waals surface area contributed by atoms with Crippen LogP contribution < -0.4 is 0 Å². The van der Waals surface area contributed by atoms with Crippen molar-refractivity contribution in [1.82, 2.24) is 9.80 Å². The van der Waals surface area contributed by atoms with Gasteiger partial charge in [0.1, 0.15) is 0 Å². The maximum atomic E-state index is 3.58. The van der Waals surface area contributed by atoms with E-state index in [1.807, 2.05) is 0 Å². The second-order valence-electron chi connectivity index (χ2n) is 7.84. The highest BCUT2D eigenvalue weighted by Gasteiger charge is 2.55. The van der Waals surface area contributed by atoms with Crippen molar-refractivity contribution in [3.8, 4) is 0 Å². The fourth-order valence-electron chi connectivity index (χ4n) is 4.36. The number of rotatable bonds is 5. The van der Waals surface area contributed by atoms with Crippen molar-refractivity contribution in [2.75, 3.05) is 26.7 Å². The highest BCUT2D eigenvalue weighted by Crippen LogP contribution is 2.59. The minimum Gasteiger partial charge on any atom is -0.303 e. The van der Waals surface area contributed by atoms with E-state index in [0.717, 1.165) is 23.9 Å². The van der Waals surface area contributed by atoms with Gasteiger partial charge in [-0.1, -0.05) is 28.1 Å². The number of hydrogen-bond donors (Lipinski definition) is 0. The van der Waals surface area contributed by atoms with Gasteiger partial charge in [0.25, 0.3) is 0 Å². The average Bonchev–Trinajstić information content (AvgIpc) is 3.40. The fourth-order valence-corrected chi connectivity index (χ4v) is 4.81. The molecule has 0 N–H and O–H groups in total. The molecule has 22 heavy (non-hydrogen) atoms. The van der Waals surface area contributed by atoms with Gasteiger partial charge in [0.15, 0.2) is 0 Å². The van der Waals surface area contributed by atoms with E-state index in [2.05, 4.69) is 57.0 Å². The van der Waals surface area contributed by atoms with Crippen LogP contribution in [0.4, 0.5) is 0 Å². The van der Waals surface area contributed by atoms with Gasteiger partial charge in [-0.3, -0.25) is 4.90 Å². The molecule has 3 aliphatic rings. The molecule has 1 saturated heterocycles. The molecule has 0 radical (unpaired) electrons. The van der Waals surface area contributed by atoms with Gasteiger partial charge in [0, 0.05) is 23.6 Å². The summed E-state index contributed by atoms with van der Waals surface area (Å²) in [4.78, 5) is 5.28. The summed E-state index contributed by atoms with van der Waals surface area (Å²) in [5, 5.41) is 0. The molecular weight excluding hydrogens is 336 g/mol. The van der Waals surface area contributed by atoms with Gasteiger partial charge in [-0.25, -0.2) is 0 Å². The molecule has 1 aromatic rings. The van der Waals surface area contributed by atoms with Crippen LogP contribution in [0.25, 0.3) is 0 Å². The Labute approximate surface area is 143 Å². The lowest BCUT2D eigenvalue weighted by Crippen LogP contribution is -2.36. The van der Waals surface area contributed by atoms with E-state index < -0.39 is 0 Å². The Balaban J connectivity index is 1.26. The third kappa shape index (κ3) is 3.27. The molecule has 0 amide bonds. The zero-order valence-electron chi connectivity index (χ0n) is 13.6. The maximum Gasteiger partial charge on any atom is 0.0234 e. The van der Waals surface area contributed by atoms with Gasteiger partial charge < -0.3 is 4.90 Å². The summed E-state index contributed by atoms with van der Waals surface area (Å²) >= 11 is 3.58. The van der Waals surface area contributed by atoms with Crippen molar-refractivity contribution in [1.29, 1.82) is 0 Å². The van der Waals surface area contributed by atoms with E-state index in [1.54, 1.807) is 0 Å². The molecule has 1 spiro atoms. The summed E-state index contributed by atoms with van der Waals surface area (Å²) < 4.78 is 1.20. The summed E-state index contributed by atoms with van der Waals surface area (Å²) in [5.74, 6) is 0.992. The summed E-state index contributed by atoms with van der Waals surface area (Å²) in [6, 6.07) is 9.69. The Morgan fingerprint density at radius 2 is 2.05 bits per heavy atom. The van der Waals surface area contributed by atoms with Crippen LogP contribution in [0.1, 0.15) is 37.7 Å². The first-order chi connectivity index (χ1) is 10.6. The zero-order chi connectivity index (χ0) is 15.2. The fraction of sp³-hybridized carbons (Fsp3) is 0.684. The first-order valence-electron chi connectivity index (χ1n) is 8.82. The normalized spacial score (nSPS) is 27.5. The van der Waals surface area contributed by atoms with Crippen LogP contribution in [0.2, 0.25) is 0 Å². The Bertz CT molecular complexity index is 532. The summed E-state index contributed by atoms with van der Waals surface area (Å²) in [6.07, 6.45) is 7.22. The molecule has 1 unspecified atom stereocenters. The lowest BCUT2D eigenvalue weighted by Gasteiger charge is -2.33. The molecule has 3 fully saturated rings. The second kappa shape index (κ2) is 5.92. The molecular formula is C19H27BrN2. The molecule has 2 nitrogen and oxygen atoms in total. The zero-order valence-corrected chi connectivity index (χ0v) is 15.2. The number of halogens is 1. The third-order valence-corrected chi connectivity index (χ3v) is 6.68. The van der Waals surface area contributed by atoms with E-state index in [9.17, 15) is 0 Å². The summed E-state index contributed by atoms with van der Waals surface area (Å²) in [5.41, 5.74) is 2.16. The van der Waals surface area contributed by atoms with Crippen molar-refractivity contribution >= 4 is 15.9 Å². The highest BCUT2D eigenvalue weighted by molar-refractivity contribution is 9.10. The van der Waals surface area contributed by atoms with Gasteiger partial charge in [-0.05, 0) is 81.3 Å². The van der Waals surface area contributed by atoms with Crippen LogP contribution in [0.5, 0.6) is 0 Å². The van der Waals surface area contributed by atoms with E-state index in [1.165, 1.54) is 61.8 Å². The Kier molecular flexibility index (Phi) is 4.08. The SMILES string of the molecule is CN(CC1CC12CCN(Cc1cccc(Br)c1)CC2)C1CC1. The predicted molar refractivity (Wildman–Crippen MR) is 94.8 cm³/mol. The number of likely N-dealkylation sites (tertiary alicyclic amines) is 1. The van der Waals surface area contributed by atoms with Gasteiger partial charge in [0.05, 0.1) is 0 Å². The molecule has 0 aromatic heterocycles. The van der Waals surface area contributed by atoms with Gasteiger partial charge >= 0.3 is 0 Å². The third-order valence-electron chi connectivity index (χ3n) is 6.18. The lowest BCUT2D eigenvalue weighted by molar-refractivity contribution is 0.149. The number of piperidine rings is 1. The number of nitrogens with zero attached hydrogens (tertiary/aromatic N) is 2. The maximum absolute atomic E-state index is 3.58. The van der Waals surface area contributed by atoms with E-state index in [-0.39, 0.29) is 0 Å². The monoisotopic (exact) mass is 362 g/mol. The summed E-state index contributed by atoms with van der Waals surface area (Å²) in [7, 11) is 2.34. The molecule has 1 heterocycles. The van der Waals surface area contributed by atoms with Crippen LogP contribution in [-0.4, -0.2) is 42.5 Å². The standard InChI is InChI=1S/C19H27BrN2/c1-21(18-5-6-18)14-16-12-19(16)7-9-22(10-8-19)13-15-3-2-4-17(20)11-15/h2-4,11,16,18H,5-10,12-14H2,1H3. The molecule has 0 bridgehead atoms. The number of benzene rings is 1. The lowest BCUT2D eigenvalue weighted by atomic mass is 9.90. The smallest absolute Gasteiger partial charge is 0.0234 e. The van der Waals surface area contributed by atoms with Gasteiger partial charge in [0.2, 0.25) is 0 Å². The first-order valence-corrected chi connectivity index (χ1v) is 9.61. The molecule has 1 aliphatic heterocycles. The molecule has 3 heteroatoms. The van der Waals surface area contributed by atoms with Crippen molar-refractivity contribution in [2.24, 2.45) is 11.3 Å². The second-order valence-corrected chi connectivity index (χ2v) is 8.76. The van der Waals surface area contributed by atoms with E-state index >= 15 is 0 Å². The molecule has 2 aliphatic carbocycles.